The highest BCUT2D eigenvalue weighted by Gasteiger charge is 2.18. The lowest BCUT2D eigenvalue weighted by atomic mass is 10.0. The minimum Gasteiger partial charge on any atom is -0.378 e. The maximum atomic E-state index is 14.2. The first-order valence-corrected chi connectivity index (χ1v) is 11.8. The average molecular weight is 502 g/mol. The van der Waals surface area contributed by atoms with Crippen molar-refractivity contribution in [1.29, 1.82) is 0 Å². The molecule has 4 rings (SSSR count). The van der Waals surface area contributed by atoms with Gasteiger partial charge in [-0.3, -0.25) is 15.6 Å². The Morgan fingerprint density at radius 1 is 1.14 bits per heavy atom. The van der Waals surface area contributed by atoms with Gasteiger partial charge >= 0.3 is 0 Å². The van der Waals surface area contributed by atoms with Gasteiger partial charge < -0.3 is 15.0 Å². The number of allylic oxidation sites excluding steroid dienone is 5. The monoisotopic (exact) mass is 501 g/mol. The fourth-order valence-corrected chi connectivity index (χ4v) is 3.67. The van der Waals surface area contributed by atoms with E-state index in [9.17, 15) is 9.18 Å². The number of nitrogens with one attached hydrogen (secondary N) is 3. The number of pyridine rings is 1. The van der Waals surface area contributed by atoms with Crippen LogP contribution in [0.3, 0.4) is 0 Å². The van der Waals surface area contributed by atoms with Crippen molar-refractivity contribution in [2.24, 2.45) is 0 Å². The van der Waals surface area contributed by atoms with E-state index in [1.165, 1.54) is 0 Å². The molecule has 1 amide bonds. The number of nitrogens with zero attached hydrogens (tertiary/aromatic N) is 4. The summed E-state index contributed by atoms with van der Waals surface area (Å²) in [6.45, 7) is 7.74. The Balaban J connectivity index is 1.36. The molecule has 2 aromatic heterocycles. The second-order valence-electron chi connectivity index (χ2n) is 8.02. The van der Waals surface area contributed by atoms with Crippen molar-refractivity contribution in [2.45, 2.75) is 6.92 Å². The van der Waals surface area contributed by atoms with Crippen LogP contribution < -0.4 is 21.1 Å². The van der Waals surface area contributed by atoms with Gasteiger partial charge in [0.15, 0.2) is 11.6 Å². The molecular formula is C27H28FN7O2. The molecule has 0 spiro atoms. The molecule has 1 fully saturated rings. The summed E-state index contributed by atoms with van der Waals surface area (Å²) in [6.07, 6.45) is 10.3. The Morgan fingerprint density at radius 3 is 2.70 bits per heavy atom. The largest absolute Gasteiger partial charge is 0.378 e. The van der Waals surface area contributed by atoms with Gasteiger partial charge in [0.05, 0.1) is 31.3 Å². The van der Waals surface area contributed by atoms with Crippen molar-refractivity contribution in [3.63, 3.8) is 0 Å². The molecule has 1 aliphatic rings. The van der Waals surface area contributed by atoms with E-state index in [1.807, 2.05) is 49.4 Å². The van der Waals surface area contributed by atoms with Crippen molar-refractivity contribution in [2.75, 3.05) is 41.9 Å². The van der Waals surface area contributed by atoms with E-state index in [0.717, 1.165) is 28.7 Å². The molecule has 1 aromatic carbocycles. The molecule has 0 saturated carbocycles. The molecule has 1 aliphatic heterocycles. The van der Waals surface area contributed by atoms with Gasteiger partial charge in [-0.1, -0.05) is 43.0 Å². The van der Waals surface area contributed by atoms with Crippen LogP contribution in [-0.4, -0.2) is 47.2 Å². The fourth-order valence-electron chi connectivity index (χ4n) is 3.67. The number of benzene rings is 1. The third kappa shape index (κ3) is 6.77. The Hall–Kier alpha value is -4.57. The zero-order valence-corrected chi connectivity index (χ0v) is 20.4. The Morgan fingerprint density at radius 2 is 1.97 bits per heavy atom. The lowest BCUT2D eigenvalue weighted by Gasteiger charge is -2.28. The van der Waals surface area contributed by atoms with E-state index in [1.54, 1.807) is 29.3 Å². The Bertz CT molecular complexity index is 1300. The number of amides is 1. The molecule has 0 bridgehead atoms. The van der Waals surface area contributed by atoms with Gasteiger partial charge in [0, 0.05) is 18.8 Å². The summed E-state index contributed by atoms with van der Waals surface area (Å²) in [6, 6.07) is 11.3. The number of morpholine rings is 1. The molecule has 3 aromatic rings. The second kappa shape index (κ2) is 12.4. The molecule has 1 saturated heterocycles. The first-order valence-electron chi connectivity index (χ1n) is 11.8. The van der Waals surface area contributed by atoms with E-state index in [4.69, 9.17) is 4.74 Å². The van der Waals surface area contributed by atoms with Crippen LogP contribution in [0.15, 0.2) is 79.7 Å². The molecule has 3 N–H and O–H groups in total. The minimum absolute atomic E-state index is 0.0674. The number of ether oxygens (including phenoxy) is 1. The molecule has 10 heteroatoms. The average Bonchev–Trinajstić information content (AvgIpc) is 2.94. The van der Waals surface area contributed by atoms with Crippen LogP contribution in [0, 0.1) is 5.82 Å². The molecule has 37 heavy (non-hydrogen) atoms. The summed E-state index contributed by atoms with van der Waals surface area (Å²) in [5, 5.41) is 3.30. The zero-order valence-electron chi connectivity index (χ0n) is 20.4. The van der Waals surface area contributed by atoms with E-state index in [-0.39, 0.29) is 17.5 Å². The standard InChI is InChI=1S/C27H28FN7O2/c1-3-5-7-19(4-2)20-8-6-9-21(16-20)31-22-10-11-24(29-17-22)26(36)33-34-27-30-18-23(28)25(32-27)35-12-14-37-15-13-35/h3-11,16-18,31H,1,12-15H2,2H3,(H,33,36)(H,30,32,34)/b7-5-,19-4+. The SMILES string of the molecule is C=C/C=C\C(=C/C)c1cccc(Nc2ccc(C(=O)NNc3ncc(F)c(N4CCOCC4)n3)nc2)c1. The van der Waals surface area contributed by atoms with Crippen LogP contribution in [0.5, 0.6) is 0 Å². The van der Waals surface area contributed by atoms with Gasteiger partial charge in [-0.2, -0.15) is 4.98 Å². The Kier molecular flexibility index (Phi) is 8.56. The van der Waals surface area contributed by atoms with Crippen molar-refractivity contribution in [3.05, 3.63) is 96.7 Å². The summed E-state index contributed by atoms with van der Waals surface area (Å²) < 4.78 is 19.5. The van der Waals surface area contributed by atoms with Gasteiger partial charge in [-0.05, 0) is 42.3 Å². The number of halogens is 1. The van der Waals surface area contributed by atoms with Crippen molar-refractivity contribution in [1.82, 2.24) is 20.4 Å². The lowest BCUT2D eigenvalue weighted by molar-refractivity contribution is 0.0957. The molecule has 0 radical (unpaired) electrons. The van der Waals surface area contributed by atoms with Gasteiger partial charge in [0.2, 0.25) is 5.95 Å². The molecular weight excluding hydrogens is 473 g/mol. The van der Waals surface area contributed by atoms with Crippen LogP contribution in [0.2, 0.25) is 0 Å². The maximum absolute atomic E-state index is 14.2. The highest BCUT2D eigenvalue weighted by atomic mass is 19.1. The molecule has 0 unspecified atom stereocenters. The number of carbonyl (C=O) groups excluding carboxylic acids is 1. The predicted octanol–water partition coefficient (Wildman–Crippen LogP) is 4.49. The lowest BCUT2D eigenvalue weighted by Crippen LogP contribution is -2.38. The number of hydrazine groups is 1. The summed E-state index contributed by atoms with van der Waals surface area (Å²) in [7, 11) is 0. The first kappa shape index (κ1) is 25.5. The highest BCUT2D eigenvalue weighted by Crippen LogP contribution is 2.23. The summed E-state index contributed by atoms with van der Waals surface area (Å²) >= 11 is 0. The van der Waals surface area contributed by atoms with Gasteiger partial charge in [-0.25, -0.2) is 14.4 Å². The van der Waals surface area contributed by atoms with Crippen molar-refractivity contribution in [3.8, 4) is 0 Å². The minimum atomic E-state index is -0.538. The number of carbonyl (C=O) groups is 1. The third-order valence-electron chi connectivity index (χ3n) is 5.53. The number of hydrogen-bond donors (Lipinski definition) is 3. The van der Waals surface area contributed by atoms with Crippen LogP contribution in [-0.2, 0) is 4.74 Å². The zero-order chi connectivity index (χ0) is 26.0. The van der Waals surface area contributed by atoms with E-state index in [2.05, 4.69) is 37.7 Å². The highest BCUT2D eigenvalue weighted by molar-refractivity contribution is 5.93. The van der Waals surface area contributed by atoms with Crippen molar-refractivity contribution < 1.29 is 13.9 Å². The van der Waals surface area contributed by atoms with Gasteiger partial charge in [-0.15, -0.1) is 0 Å². The predicted molar refractivity (Wildman–Crippen MR) is 143 cm³/mol. The van der Waals surface area contributed by atoms with Gasteiger partial charge in [0.25, 0.3) is 5.91 Å². The number of rotatable bonds is 9. The van der Waals surface area contributed by atoms with E-state index in [0.29, 0.717) is 26.3 Å². The molecule has 9 nitrogen and oxygen atoms in total. The summed E-state index contributed by atoms with van der Waals surface area (Å²) in [5.74, 6) is -0.797. The van der Waals surface area contributed by atoms with Crippen LogP contribution in [0.25, 0.3) is 5.57 Å². The molecule has 190 valence electrons. The van der Waals surface area contributed by atoms with Gasteiger partial charge in [0.1, 0.15) is 5.69 Å². The molecule has 3 heterocycles. The van der Waals surface area contributed by atoms with E-state index >= 15 is 0 Å². The first-order chi connectivity index (χ1) is 18.1. The van der Waals surface area contributed by atoms with Crippen molar-refractivity contribution >= 4 is 34.6 Å². The fraction of sp³-hybridized carbons (Fsp3) is 0.185. The smallest absolute Gasteiger partial charge is 0.288 e. The summed E-state index contributed by atoms with van der Waals surface area (Å²) in [4.78, 5) is 26.6. The number of anilines is 4. The third-order valence-corrected chi connectivity index (χ3v) is 5.53. The van der Waals surface area contributed by atoms with E-state index < -0.39 is 11.7 Å². The maximum Gasteiger partial charge on any atom is 0.288 e. The Labute approximate surface area is 214 Å². The topological polar surface area (TPSA) is 104 Å². The number of aromatic nitrogens is 3. The van der Waals surface area contributed by atoms with Crippen LogP contribution in [0.4, 0.5) is 27.5 Å². The normalized spacial score (nSPS) is 13.9. The second-order valence-corrected chi connectivity index (χ2v) is 8.02. The quantitative estimate of drug-likeness (QED) is 0.291. The molecule has 0 aliphatic carbocycles. The number of hydrogen-bond acceptors (Lipinski definition) is 8. The summed E-state index contributed by atoms with van der Waals surface area (Å²) in [5.41, 5.74) is 9.04. The van der Waals surface area contributed by atoms with Crippen LogP contribution >= 0.6 is 0 Å². The van der Waals surface area contributed by atoms with Crippen LogP contribution in [0.1, 0.15) is 23.0 Å². The molecule has 0 atom stereocenters.